The van der Waals surface area contributed by atoms with Crippen molar-refractivity contribution >= 4 is 11.9 Å². The third-order valence-electron chi connectivity index (χ3n) is 2.61. The number of hydrogen-bond acceptors (Lipinski definition) is 5. The Morgan fingerprint density at radius 1 is 1.64 bits per heavy atom. The summed E-state index contributed by atoms with van der Waals surface area (Å²) >= 11 is 0. The highest BCUT2D eigenvalue weighted by atomic mass is 16.5. The number of H-pyrrole nitrogens is 1. The molecule has 1 fully saturated rings. The number of rotatable bonds is 4. The van der Waals surface area contributed by atoms with Gasteiger partial charge in [0.2, 0.25) is 11.9 Å². The standard InChI is InChI=1S/C8H15N5O/c1-14-5-8(3-2-4-8)11-7-10-6(9)12-13-7/h2-5H2,1H3,(H4,9,10,11,12,13). The zero-order valence-corrected chi connectivity index (χ0v) is 8.21. The number of methoxy groups -OCH3 is 1. The van der Waals surface area contributed by atoms with Gasteiger partial charge >= 0.3 is 0 Å². The molecular weight excluding hydrogens is 182 g/mol. The first-order chi connectivity index (χ1) is 6.74. The van der Waals surface area contributed by atoms with E-state index in [1.807, 2.05) is 0 Å². The van der Waals surface area contributed by atoms with E-state index in [1.54, 1.807) is 7.11 Å². The van der Waals surface area contributed by atoms with Crippen LogP contribution >= 0.6 is 0 Å². The Balaban J connectivity index is 2.01. The van der Waals surface area contributed by atoms with Gasteiger partial charge in [-0.15, -0.1) is 5.10 Å². The summed E-state index contributed by atoms with van der Waals surface area (Å²) in [4.78, 5) is 4.00. The van der Waals surface area contributed by atoms with Gasteiger partial charge in [0.15, 0.2) is 0 Å². The molecule has 0 aliphatic heterocycles. The first-order valence-corrected chi connectivity index (χ1v) is 4.69. The van der Waals surface area contributed by atoms with E-state index in [0.717, 1.165) is 12.8 Å². The van der Waals surface area contributed by atoms with Crippen LogP contribution in [0.15, 0.2) is 0 Å². The van der Waals surface area contributed by atoms with Crippen molar-refractivity contribution in [3.05, 3.63) is 0 Å². The minimum atomic E-state index is 0.0172. The van der Waals surface area contributed by atoms with E-state index in [1.165, 1.54) is 6.42 Å². The second-order valence-corrected chi connectivity index (χ2v) is 3.74. The van der Waals surface area contributed by atoms with Crippen LogP contribution in [0.4, 0.5) is 11.9 Å². The largest absolute Gasteiger partial charge is 0.382 e. The Morgan fingerprint density at radius 3 is 2.86 bits per heavy atom. The maximum Gasteiger partial charge on any atom is 0.244 e. The first-order valence-electron chi connectivity index (χ1n) is 4.69. The molecule has 1 heterocycles. The summed E-state index contributed by atoms with van der Waals surface area (Å²) in [5, 5.41) is 9.79. The van der Waals surface area contributed by atoms with Crippen molar-refractivity contribution in [3.63, 3.8) is 0 Å². The fourth-order valence-corrected chi connectivity index (χ4v) is 1.75. The number of nitrogens with two attached hydrogens (primary N) is 1. The van der Waals surface area contributed by atoms with Crippen LogP contribution in [0.5, 0.6) is 0 Å². The Kier molecular flexibility index (Phi) is 2.28. The quantitative estimate of drug-likeness (QED) is 0.648. The third kappa shape index (κ3) is 1.65. The van der Waals surface area contributed by atoms with Crippen LogP contribution in [-0.4, -0.2) is 34.4 Å². The van der Waals surface area contributed by atoms with Crippen molar-refractivity contribution in [1.82, 2.24) is 15.2 Å². The number of aromatic amines is 1. The van der Waals surface area contributed by atoms with Crippen LogP contribution in [0, 0.1) is 0 Å². The molecule has 1 aliphatic rings. The topological polar surface area (TPSA) is 88.8 Å². The number of nitrogens with zero attached hydrogens (tertiary/aromatic N) is 2. The van der Waals surface area contributed by atoms with Crippen molar-refractivity contribution in [2.24, 2.45) is 0 Å². The van der Waals surface area contributed by atoms with Crippen molar-refractivity contribution in [3.8, 4) is 0 Å². The van der Waals surface area contributed by atoms with Crippen molar-refractivity contribution in [2.45, 2.75) is 24.8 Å². The van der Waals surface area contributed by atoms with E-state index in [-0.39, 0.29) is 5.54 Å². The lowest BCUT2D eigenvalue weighted by molar-refractivity contribution is 0.0978. The van der Waals surface area contributed by atoms with E-state index in [9.17, 15) is 0 Å². The Labute approximate surface area is 82.2 Å². The van der Waals surface area contributed by atoms with E-state index in [2.05, 4.69) is 20.5 Å². The van der Waals surface area contributed by atoms with Crippen LogP contribution < -0.4 is 11.1 Å². The van der Waals surface area contributed by atoms with Crippen LogP contribution in [-0.2, 0) is 4.74 Å². The highest BCUT2D eigenvalue weighted by molar-refractivity contribution is 5.34. The van der Waals surface area contributed by atoms with Crippen molar-refractivity contribution in [2.75, 3.05) is 24.8 Å². The molecule has 0 radical (unpaired) electrons. The normalized spacial score (nSPS) is 18.9. The van der Waals surface area contributed by atoms with Gasteiger partial charge in [-0.25, -0.2) is 5.10 Å². The minimum Gasteiger partial charge on any atom is -0.382 e. The van der Waals surface area contributed by atoms with Crippen LogP contribution in [0.3, 0.4) is 0 Å². The van der Waals surface area contributed by atoms with Crippen LogP contribution in [0.25, 0.3) is 0 Å². The van der Waals surface area contributed by atoms with Gasteiger partial charge in [-0.3, -0.25) is 0 Å². The lowest BCUT2D eigenvalue weighted by Gasteiger charge is -2.41. The lowest BCUT2D eigenvalue weighted by atomic mass is 9.77. The fourth-order valence-electron chi connectivity index (χ4n) is 1.75. The maximum atomic E-state index is 5.43. The van der Waals surface area contributed by atoms with Gasteiger partial charge in [0.1, 0.15) is 0 Å². The van der Waals surface area contributed by atoms with Gasteiger partial charge in [0, 0.05) is 7.11 Å². The number of aromatic nitrogens is 3. The summed E-state index contributed by atoms with van der Waals surface area (Å²) in [6, 6.07) is 0. The van der Waals surface area contributed by atoms with Gasteiger partial charge in [-0.1, -0.05) is 0 Å². The molecule has 1 aromatic heterocycles. The molecular formula is C8H15N5O. The molecule has 2 rings (SSSR count). The molecule has 14 heavy (non-hydrogen) atoms. The van der Waals surface area contributed by atoms with E-state index < -0.39 is 0 Å². The summed E-state index contributed by atoms with van der Waals surface area (Å²) in [5.41, 5.74) is 5.45. The molecule has 78 valence electrons. The molecule has 6 nitrogen and oxygen atoms in total. The Bertz CT molecular complexity index is 306. The van der Waals surface area contributed by atoms with E-state index >= 15 is 0 Å². The molecule has 1 aliphatic carbocycles. The molecule has 0 saturated heterocycles. The average molecular weight is 197 g/mol. The Morgan fingerprint density at radius 2 is 2.43 bits per heavy atom. The van der Waals surface area contributed by atoms with Gasteiger partial charge in [-0.05, 0) is 19.3 Å². The maximum absolute atomic E-state index is 5.43. The summed E-state index contributed by atoms with van der Waals surface area (Å²) < 4.78 is 5.17. The van der Waals surface area contributed by atoms with Gasteiger partial charge in [0.25, 0.3) is 0 Å². The summed E-state index contributed by atoms with van der Waals surface area (Å²) in [6.45, 7) is 0.682. The molecule has 1 saturated carbocycles. The molecule has 0 atom stereocenters. The number of hydrogen-bond donors (Lipinski definition) is 3. The molecule has 6 heteroatoms. The third-order valence-corrected chi connectivity index (χ3v) is 2.61. The number of ether oxygens (including phenoxy) is 1. The molecule has 0 amide bonds. The second kappa shape index (κ2) is 3.45. The predicted molar refractivity (Wildman–Crippen MR) is 52.9 cm³/mol. The minimum absolute atomic E-state index is 0.0172. The molecule has 1 aromatic rings. The molecule has 4 N–H and O–H groups in total. The number of nitrogen functional groups attached to an aromatic ring is 1. The van der Waals surface area contributed by atoms with Crippen LogP contribution in [0.2, 0.25) is 0 Å². The summed E-state index contributed by atoms with van der Waals surface area (Å²) in [6.07, 6.45) is 3.40. The second-order valence-electron chi connectivity index (χ2n) is 3.74. The van der Waals surface area contributed by atoms with Gasteiger partial charge in [-0.2, -0.15) is 4.98 Å². The van der Waals surface area contributed by atoms with E-state index in [0.29, 0.717) is 18.5 Å². The zero-order chi connectivity index (χ0) is 10.0. The highest BCUT2D eigenvalue weighted by Gasteiger charge is 2.37. The molecule has 0 aromatic carbocycles. The zero-order valence-electron chi connectivity index (χ0n) is 8.21. The van der Waals surface area contributed by atoms with Crippen molar-refractivity contribution < 1.29 is 4.74 Å². The Hall–Kier alpha value is -1.30. The number of nitrogens with one attached hydrogen (secondary N) is 2. The van der Waals surface area contributed by atoms with Gasteiger partial charge < -0.3 is 15.8 Å². The molecule has 0 bridgehead atoms. The monoisotopic (exact) mass is 197 g/mol. The summed E-state index contributed by atoms with van der Waals surface area (Å²) in [5.74, 6) is 0.888. The fraction of sp³-hybridized carbons (Fsp3) is 0.750. The SMILES string of the molecule is COCC1(Nc2n[nH]c(N)n2)CCC1. The average Bonchev–Trinajstić information content (AvgIpc) is 2.48. The smallest absolute Gasteiger partial charge is 0.244 e. The molecule has 0 unspecified atom stereocenters. The molecule has 0 spiro atoms. The van der Waals surface area contributed by atoms with Gasteiger partial charge in [0.05, 0.1) is 12.1 Å². The van der Waals surface area contributed by atoms with Crippen LogP contribution in [0.1, 0.15) is 19.3 Å². The van der Waals surface area contributed by atoms with E-state index in [4.69, 9.17) is 10.5 Å². The first kappa shape index (κ1) is 9.26. The predicted octanol–water partition coefficient (Wildman–Crippen LogP) is 0.368. The number of anilines is 2. The summed E-state index contributed by atoms with van der Waals surface area (Å²) in [7, 11) is 1.70. The highest BCUT2D eigenvalue weighted by Crippen LogP contribution is 2.34. The van der Waals surface area contributed by atoms with Crippen molar-refractivity contribution in [1.29, 1.82) is 0 Å². The lowest BCUT2D eigenvalue weighted by Crippen LogP contribution is -2.49.